The number of hydrogen-bond donors (Lipinski definition) is 1. The first kappa shape index (κ1) is 25.1. The first-order valence-electron chi connectivity index (χ1n) is 14.3. The Kier molecular flexibility index (Phi) is 6.62. The molecule has 0 amide bonds. The molecule has 4 aliphatic rings. The zero-order valence-electron chi connectivity index (χ0n) is 22.5. The van der Waals surface area contributed by atoms with Crippen molar-refractivity contribution >= 4 is 38.2 Å². The number of anilines is 2. The van der Waals surface area contributed by atoms with E-state index in [0.29, 0.717) is 42.7 Å². The highest BCUT2D eigenvalue weighted by Crippen LogP contribution is 2.42. The van der Waals surface area contributed by atoms with Crippen molar-refractivity contribution in [3.63, 3.8) is 0 Å². The molecule has 1 unspecified atom stereocenters. The van der Waals surface area contributed by atoms with E-state index in [-0.39, 0.29) is 0 Å². The Hall–Kier alpha value is -2.86. The molecule has 1 N–H and O–H groups in total. The molecule has 7 rings (SSSR count). The number of likely N-dealkylation sites (tertiary alicyclic amines) is 1. The van der Waals surface area contributed by atoms with Gasteiger partial charge in [-0.2, -0.15) is 10.2 Å². The molecule has 0 aliphatic carbocycles. The molecule has 8 heteroatoms. The number of halogens is 1. The van der Waals surface area contributed by atoms with E-state index in [1.54, 1.807) is 0 Å². The normalized spacial score (nSPS) is 24.7. The minimum atomic E-state index is 0.373. The average molecular weight is 588 g/mol. The van der Waals surface area contributed by atoms with Gasteiger partial charge in [-0.3, -0.25) is 0 Å². The van der Waals surface area contributed by atoms with Gasteiger partial charge in [0.05, 0.1) is 0 Å². The zero-order valence-corrected chi connectivity index (χ0v) is 24.1. The van der Waals surface area contributed by atoms with Crippen LogP contribution < -0.4 is 19.9 Å². The van der Waals surface area contributed by atoms with Gasteiger partial charge in [0.15, 0.2) is 0 Å². The summed E-state index contributed by atoms with van der Waals surface area (Å²) in [4.78, 5) is 12.5. The van der Waals surface area contributed by atoms with Crippen LogP contribution in [-0.2, 0) is 13.0 Å². The Morgan fingerprint density at radius 2 is 1.87 bits per heavy atom. The summed E-state index contributed by atoms with van der Waals surface area (Å²) < 4.78 is 7.55. The van der Waals surface area contributed by atoms with E-state index in [1.807, 2.05) is 0 Å². The fourth-order valence-corrected chi connectivity index (χ4v) is 7.84. The second-order valence-corrected chi connectivity index (χ2v) is 12.4. The predicted octanol–water partition coefficient (Wildman–Crippen LogP) is 4.85. The van der Waals surface area contributed by atoms with E-state index >= 15 is 0 Å². The number of ether oxygens (including phenoxy) is 1. The Morgan fingerprint density at radius 3 is 2.62 bits per heavy atom. The van der Waals surface area contributed by atoms with Gasteiger partial charge in [0, 0.05) is 71.0 Å². The number of pyridine rings is 1. The van der Waals surface area contributed by atoms with Gasteiger partial charge in [0.25, 0.3) is 0 Å². The maximum atomic E-state index is 10.5. The van der Waals surface area contributed by atoms with E-state index in [0.717, 1.165) is 54.9 Å². The summed E-state index contributed by atoms with van der Waals surface area (Å²) >= 11 is 3.80. The van der Waals surface area contributed by atoms with Crippen LogP contribution >= 0.6 is 15.9 Å². The largest absolute Gasteiger partial charge is 0.475 e. The van der Waals surface area contributed by atoms with Gasteiger partial charge < -0.3 is 24.8 Å². The fraction of sp³-hybridized carbons (Fsp3) is 0.484. The number of aromatic nitrogens is 1. The topological polar surface area (TPSA) is 67.7 Å². The number of piperazine rings is 1. The minimum absolute atomic E-state index is 0.373. The standard InChI is InChI=1S/C31H35BrN6O/c1-36-13-4-7-23(36)19-39-31-25(15-33)26-18-37(28-9-3-6-20-5-2-8-27(32)29(20)28)14-12-24(26)30(35-31)38-21-10-11-22(38)17-34-16-21/h2-3,5-6,8-9,21-23,34H,4,7,10-14,16-19H2,1H3/t21-,22+,23?. The average Bonchev–Trinajstić information content (AvgIpc) is 3.48. The van der Waals surface area contributed by atoms with Crippen molar-refractivity contribution in [2.45, 2.75) is 56.8 Å². The molecule has 3 atom stereocenters. The maximum absolute atomic E-state index is 10.5. The van der Waals surface area contributed by atoms with Gasteiger partial charge in [-0.05, 0) is 63.2 Å². The highest BCUT2D eigenvalue weighted by atomic mass is 79.9. The Morgan fingerprint density at radius 1 is 1.08 bits per heavy atom. The van der Waals surface area contributed by atoms with Crippen molar-refractivity contribution in [3.05, 3.63) is 57.6 Å². The van der Waals surface area contributed by atoms with Crippen LogP contribution in [0.4, 0.5) is 11.5 Å². The molecule has 2 bridgehead atoms. The lowest BCUT2D eigenvalue weighted by molar-refractivity contribution is 0.192. The number of benzene rings is 2. The summed E-state index contributed by atoms with van der Waals surface area (Å²) in [5, 5.41) is 16.5. The van der Waals surface area contributed by atoms with E-state index < -0.39 is 0 Å². The lowest BCUT2D eigenvalue weighted by Gasteiger charge is -2.40. The summed E-state index contributed by atoms with van der Waals surface area (Å²) in [5.74, 6) is 1.58. The van der Waals surface area contributed by atoms with E-state index in [1.165, 1.54) is 41.3 Å². The number of fused-ring (bicyclic) bond motifs is 4. The van der Waals surface area contributed by atoms with Gasteiger partial charge in [-0.1, -0.05) is 40.2 Å². The van der Waals surface area contributed by atoms with Gasteiger partial charge in [-0.15, -0.1) is 0 Å². The number of nitriles is 1. The Balaban J connectivity index is 1.31. The van der Waals surface area contributed by atoms with Crippen molar-refractivity contribution in [2.24, 2.45) is 0 Å². The lowest BCUT2D eigenvalue weighted by atomic mass is 9.94. The molecule has 3 aromatic rings. The summed E-state index contributed by atoms with van der Waals surface area (Å²) in [6.07, 6.45) is 5.56. The summed E-state index contributed by atoms with van der Waals surface area (Å²) in [5.41, 5.74) is 4.14. The third kappa shape index (κ3) is 4.35. The number of rotatable bonds is 5. The number of likely N-dealkylation sites (N-methyl/N-ethyl adjacent to an activating group) is 1. The highest BCUT2D eigenvalue weighted by molar-refractivity contribution is 9.10. The van der Waals surface area contributed by atoms with Crippen LogP contribution in [0.5, 0.6) is 5.88 Å². The highest BCUT2D eigenvalue weighted by Gasteiger charge is 2.40. The van der Waals surface area contributed by atoms with Gasteiger partial charge >= 0.3 is 0 Å². The van der Waals surface area contributed by atoms with Crippen LogP contribution in [-0.4, -0.2) is 67.8 Å². The molecule has 202 valence electrons. The predicted molar refractivity (Wildman–Crippen MR) is 159 cm³/mol. The van der Waals surface area contributed by atoms with Gasteiger partial charge in [0.1, 0.15) is 24.1 Å². The van der Waals surface area contributed by atoms with Crippen molar-refractivity contribution in [1.29, 1.82) is 5.26 Å². The molecular weight excluding hydrogens is 552 g/mol. The van der Waals surface area contributed by atoms with Crippen molar-refractivity contribution < 1.29 is 4.74 Å². The third-order valence-corrected chi connectivity index (χ3v) is 9.99. The van der Waals surface area contributed by atoms with Crippen LogP contribution in [0.3, 0.4) is 0 Å². The minimum Gasteiger partial charge on any atom is -0.475 e. The molecule has 3 fully saturated rings. The maximum Gasteiger partial charge on any atom is 0.234 e. The molecule has 1 aromatic heterocycles. The van der Waals surface area contributed by atoms with Gasteiger partial charge in [0.2, 0.25) is 5.88 Å². The molecule has 5 heterocycles. The molecule has 39 heavy (non-hydrogen) atoms. The van der Waals surface area contributed by atoms with Crippen LogP contribution in [0.25, 0.3) is 10.8 Å². The molecule has 4 aliphatic heterocycles. The molecule has 3 saturated heterocycles. The van der Waals surface area contributed by atoms with E-state index in [9.17, 15) is 5.26 Å². The first-order chi connectivity index (χ1) is 19.1. The summed E-state index contributed by atoms with van der Waals surface area (Å²) in [6.45, 7) is 5.22. The molecule has 0 spiro atoms. The van der Waals surface area contributed by atoms with Crippen LogP contribution in [0, 0.1) is 11.3 Å². The quantitative estimate of drug-likeness (QED) is 0.458. The summed E-state index contributed by atoms with van der Waals surface area (Å²) in [6, 6.07) is 16.7. The molecule has 0 radical (unpaired) electrons. The second-order valence-electron chi connectivity index (χ2n) is 11.5. The van der Waals surface area contributed by atoms with Crippen molar-refractivity contribution in [1.82, 2.24) is 15.2 Å². The summed E-state index contributed by atoms with van der Waals surface area (Å²) in [7, 11) is 2.16. The Bertz CT molecular complexity index is 1430. The van der Waals surface area contributed by atoms with Gasteiger partial charge in [-0.25, -0.2) is 0 Å². The second kappa shape index (κ2) is 10.3. The molecule has 0 saturated carbocycles. The zero-order chi connectivity index (χ0) is 26.5. The van der Waals surface area contributed by atoms with E-state index in [2.05, 4.69) is 85.5 Å². The lowest BCUT2D eigenvalue weighted by Crippen LogP contribution is -2.53. The van der Waals surface area contributed by atoms with E-state index in [4.69, 9.17) is 9.72 Å². The van der Waals surface area contributed by atoms with Crippen LogP contribution in [0.2, 0.25) is 0 Å². The third-order valence-electron chi connectivity index (χ3n) is 9.33. The molecule has 2 aromatic carbocycles. The number of hydrogen-bond acceptors (Lipinski definition) is 7. The fourth-order valence-electron chi connectivity index (χ4n) is 7.26. The monoisotopic (exact) mass is 586 g/mol. The SMILES string of the molecule is CN1CCCC1COc1nc(N2[C@@H]3CC[C@H]2CNC3)c2c(c1C#N)CN(c1cccc3cccc(Br)c13)CC2. The smallest absolute Gasteiger partial charge is 0.234 e. The van der Waals surface area contributed by atoms with Crippen molar-refractivity contribution in [2.75, 3.05) is 49.6 Å². The Labute approximate surface area is 238 Å². The molecule has 7 nitrogen and oxygen atoms in total. The first-order valence-corrected chi connectivity index (χ1v) is 15.1. The molecular formula is C31H35BrN6O. The van der Waals surface area contributed by atoms with Crippen molar-refractivity contribution in [3.8, 4) is 11.9 Å². The number of nitrogens with zero attached hydrogens (tertiary/aromatic N) is 5. The van der Waals surface area contributed by atoms with Crippen LogP contribution in [0.1, 0.15) is 42.4 Å². The number of nitrogens with one attached hydrogen (secondary N) is 1. The van der Waals surface area contributed by atoms with Crippen LogP contribution in [0.15, 0.2) is 40.9 Å².